The normalized spacial score (nSPS) is 15.5. The van der Waals surface area contributed by atoms with E-state index < -0.39 is 0 Å². The van der Waals surface area contributed by atoms with Crippen molar-refractivity contribution in [1.82, 2.24) is 19.7 Å². The standard InChI is InChI=1S/C12H21N5OS/c1-9(2)17-10(7-13)14-15-12(17)19-8-11(18)16-5-3-4-6-16/h9H,3-8,13H2,1-2H3. The fraction of sp³-hybridized carbons (Fsp3) is 0.750. The van der Waals surface area contributed by atoms with Crippen molar-refractivity contribution in [1.29, 1.82) is 0 Å². The molecule has 2 heterocycles. The number of nitrogens with zero attached hydrogens (tertiary/aromatic N) is 4. The molecule has 1 aliphatic rings. The first-order chi connectivity index (χ1) is 9.13. The molecule has 1 aliphatic heterocycles. The molecule has 1 fully saturated rings. The molecule has 0 saturated carbocycles. The molecule has 106 valence electrons. The van der Waals surface area contributed by atoms with E-state index in [4.69, 9.17) is 5.73 Å². The zero-order chi connectivity index (χ0) is 13.8. The van der Waals surface area contributed by atoms with Gasteiger partial charge in [-0.3, -0.25) is 4.79 Å². The van der Waals surface area contributed by atoms with Crippen LogP contribution in [0, 0.1) is 0 Å². The highest BCUT2D eigenvalue weighted by molar-refractivity contribution is 7.99. The van der Waals surface area contributed by atoms with Crippen molar-refractivity contribution >= 4 is 17.7 Å². The lowest BCUT2D eigenvalue weighted by Gasteiger charge is -2.16. The molecule has 7 heteroatoms. The van der Waals surface area contributed by atoms with Crippen LogP contribution in [0.15, 0.2) is 5.16 Å². The van der Waals surface area contributed by atoms with Crippen molar-refractivity contribution in [2.24, 2.45) is 5.73 Å². The van der Waals surface area contributed by atoms with E-state index in [1.54, 1.807) is 0 Å². The molecule has 0 bridgehead atoms. The van der Waals surface area contributed by atoms with Crippen LogP contribution in [0.5, 0.6) is 0 Å². The van der Waals surface area contributed by atoms with Crippen LogP contribution in [0.4, 0.5) is 0 Å². The minimum absolute atomic E-state index is 0.190. The number of carbonyl (C=O) groups excluding carboxylic acids is 1. The average Bonchev–Trinajstić information content (AvgIpc) is 3.04. The maximum Gasteiger partial charge on any atom is 0.233 e. The van der Waals surface area contributed by atoms with E-state index in [-0.39, 0.29) is 11.9 Å². The summed E-state index contributed by atoms with van der Waals surface area (Å²) in [5.74, 6) is 1.39. The lowest BCUT2D eigenvalue weighted by atomic mass is 10.4. The molecule has 1 saturated heterocycles. The van der Waals surface area contributed by atoms with Crippen molar-refractivity contribution < 1.29 is 4.79 Å². The van der Waals surface area contributed by atoms with Crippen molar-refractivity contribution in [3.63, 3.8) is 0 Å². The molecule has 1 aromatic rings. The monoisotopic (exact) mass is 283 g/mol. The number of amides is 1. The second-order valence-corrected chi connectivity index (χ2v) is 5.89. The van der Waals surface area contributed by atoms with E-state index in [9.17, 15) is 4.79 Å². The fourth-order valence-corrected chi connectivity index (χ4v) is 3.24. The van der Waals surface area contributed by atoms with Gasteiger partial charge in [-0.2, -0.15) is 0 Å². The minimum atomic E-state index is 0.190. The molecular weight excluding hydrogens is 262 g/mol. The van der Waals surface area contributed by atoms with Crippen LogP contribution < -0.4 is 5.73 Å². The molecule has 2 N–H and O–H groups in total. The number of rotatable bonds is 5. The quantitative estimate of drug-likeness (QED) is 0.817. The van der Waals surface area contributed by atoms with Crippen LogP contribution in [0.1, 0.15) is 38.6 Å². The molecule has 1 amide bonds. The summed E-state index contributed by atoms with van der Waals surface area (Å²) in [4.78, 5) is 13.9. The third-order valence-corrected chi connectivity index (χ3v) is 4.15. The van der Waals surface area contributed by atoms with Gasteiger partial charge in [-0.15, -0.1) is 10.2 Å². The second kappa shape index (κ2) is 6.38. The summed E-state index contributed by atoms with van der Waals surface area (Å²) >= 11 is 1.45. The fourth-order valence-electron chi connectivity index (χ4n) is 2.25. The Hall–Kier alpha value is -1.08. The Labute approximate surface area is 117 Å². The van der Waals surface area contributed by atoms with Gasteiger partial charge in [0.1, 0.15) is 5.82 Å². The van der Waals surface area contributed by atoms with Crippen molar-refractivity contribution in [3.8, 4) is 0 Å². The second-order valence-electron chi connectivity index (χ2n) is 4.94. The lowest BCUT2D eigenvalue weighted by molar-refractivity contribution is -0.127. The Balaban J connectivity index is 1.99. The first kappa shape index (κ1) is 14.3. The summed E-state index contributed by atoms with van der Waals surface area (Å²) in [6, 6.07) is 0.248. The van der Waals surface area contributed by atoms with Gasteiger partial charge in [0.15, 0.2) is 5.16 Å². The van der Waals surface area contributed by atoms with Gasteiger partial charge >= 0.3 is 0 Å². The van der Waals surface area contributed by atoms with Crippen LogP contribution in [-0.2, 0) is 11.3 Å². The first-order valence-electron chi connectivity index (χ1n) is 6.68. The summed E-state index contributed by atoms with van der Waals surface area (Å²) in [5, 5.41) is 8.99. The topological polar surface area (TPSA) is 77.0 Å². The molecule has 0 radical (unpaired) electrons. The Bertz CT molecular complexity index is 439. The molecule has 2 rings (SSSR count). The number of carbonyl (C=O) groups is 1. The SMILES string of the molecule is CC(C)n1c(CN)nnc1SCC(=O)N1CCCC1. The van der Waals surface area contributed by atoms with E-state index in [0.29, 0.717) is 12.3 Å². The molecule has 6 nitrogen and oxygen atoms in total. The van der Waals surface area contributed by atoms with Gasteiger partial charge in [0.2, 0.25) is 5.91 Å². The molecule has 0 atom stereocenters. The van der Waals surface area contributed by atoms with Gasteiger partial charge in [-0.05, 0) is 26.7 Å². The third kappa shape index (κ3) is 3.27. The first-order valence-corrected chi connectivity index (χ1v) is 7.66. The number of nitrogens with two attached hydrogens (primary N) is 1. The molecule has 19 heavy (non-hydrogen) atoms. The predicted octanol–water partition coefficient (Wildman–Crippen LogP) is 1.03. The van der Waals surface area contributed by atoms with Crippen LogP contribution in [0.3, 0.4) is 0 Å². The zero-order valence-corrected chi connectivity index (χ0v) is 12.3. The third-order valence-electron chi connectivity index (χ3n) is 3.22. The molecule has 0 aromatic carbocycles. The van der Waals surface area contributed by atoms with E-state index in [1.807, 2.05) is 9.47 Å². The highest BCUT2D eigenvalue weighted by atomic mass is 32.2. The summed E-state index contributed by atoms with van der Waals surface area (Å²) in [6.45, 7) is 6.28. The average molecular weight is 283 g/mol. The molecule has 1 aromatic heterocycles. The van der Waals surface area contributed by atoms with E-state index >= 15 is 0 Å². The molecular formula is C12H21N5OS. The number of thioether (sulfide) groups is 1. The van der Waals surface area contributed by atoms with Gasteiger partial charge < -0.3 is 15.2 Å². The Morgan fingerprint density at radius 3 is 2.63 bits per heavy atom. The molecule has 0 unspecified atom stereocenters. The number of likely N-dealkylation sites (tertiary alicyclic amines) is 1. The maximum absolute atomic E-state index is 12.0. The predicted molar refractivity (Wildman–Crippen MR) is 74.8 cm³/mol. The largest absolute Gasteiger partial charge is 0.342 e. The van der Waals surface area contributed by atoms with E-state index in [1.165, 1.54) is 11.8 Å². The molecule has 0 spiro atoms. The summed E-state index contributed by atoms with van der Waals surface area (Å²) < 4.78 is 2.00. The highest BCUT2D eigenvalue weighted by Crippen LogP contribution is 2.22. The number of aromatic nitrogens is 3. The van der Waals surface area contributed by atoms with Crippen LogP contribution >= 0.6 is 11.8 Å². The minimum Gasteiger partial charge on any atom is -0.342 e. The highest BCUT2D eigenvalue weighted by Gasteiger charge is 2.20. The van der Waals surface area contributed by atoms with Crippen molar-refractivity contribution in [3.05, 3.63) is 5.82 Å². The van der Waals surface area contributed by atoms with Crippen LogP contribution in [0.2, 0.25) is 0 Å². The van der Waals surface area contributed by atoms with Gasteiger partial charge in [0.25, 0.3) is 0 Å². The number of hydrogen-bond acceptors (Lipinski definition) is 5. The van der Waals surface area contributed by atoms with Gasteiger partial charge in [0.05, 0.1) is 12.3 Å². The molecule has 0 aliphatic carbocycles. The maximum atomic E-state index is 12.0. The Morgan fingerprint density at radius 1 is 1.37 bits per heavy atom. The van der Waals surface area contributed by atoms with E-state index in [0.717, 1.165) is 36.9 Å². The van der Waals surface area contributed by atoms with E-state index in [2.05, 4.69) is 24.0 Å². The zero-order valence-electron chi connectivity index (χ0n) is 11.5. The van der Waals surface area contributed by atoms with Crippen LogP contribution in [0.25, 0.3) is 0 Å². The van der Waals surface area contributed by atoms with Crippen LogP contribution in [-0.4, -0.2) is 44.4 Å². The summed E-state index contributed by atoms with van der Waals surface area (Å²) in [6.07, 6.45) is 2.24. The lowest BCUT2D eigenvalue weighted by Crippen LogP contribution is -2.29. The smallest absolute Gasteiger partial charge is 0.233 e. The van der Waals surface area contributed by atoms with Gasteiger partial charge in [-0.1, -0.05) is 11.8 Å². The van der Waals surface area contributed by atoms with Gasteiger partial charge in [0, 0.05) is 19.1 Å². The number of hydrogen-bond donors (Lipinski definition) is 1. The van der Waals surface area contributed by atoms with Crippen molar-refractivity contribution in [2.75, 3.05) is 18.8 Å². The van der Waals surface area contributed by atoms with Crippen molar-refractivity contribution in [2.45, 2.75) is 44.4 Å². The Kier molecular flexibility index (Phi) is 4.81. The van der Waals surface area contributed by atoms with Gasteiger partial charge in [-0.25, -0.2) is 0 Å². The summed E-state index contributed by atoms with van der Waals surface area (Å²) in [5.41, 5.74) is 5.65. The Morgan fingerprint density at radius 2 is 2.05 bits per heavy atom. The summed E-state index contributed by atoms with van der Waals surface area (Å²) in [7, 11) is 0.